The second kappa shape index (κ2) is 6.24. The van der Waals surface area contributed by atoms with Crippen LogP contribution in [0.15, 0.2) is 18.3 Å². The van der Waals surface area contributed by atoms with Gasteiger partial charge in [-0.25, -0.2) is 9.78 Å². The molecule has 0 amide bonds. The molecule has 0 aliphatic heterocycles. The van der Waals surface area contributed by atoms with Gasteiger partial charge >= 0.3 is 5.97 Å². The van der Waals surface area contributed by atoms with Crippen LogP contribution in [-0.2, 0) is 4.74 Å². The number of aromatic hydroxyl groups is 1. The predicted octanol–water partition coefficient (Wildman–Crippen LogP) is 4.02. The lowest BCUT2D eigenvalue weighted by Crippen LogP contribution is -2.04. The quantitative estimate of drug-likeness (QED) is 0.540. The third-order valence-corrected chi connectivity index (χ3v) is 4.11. The molecule has 0 aromatic carbocycles. The predicted molar refractivity (Wildman–Crippen MR) is 84.3 cm³/mol. The summed E-state index contributed by atoms with van der Waals surface area (Å²) in [7, 11) is 1.22. The standard InChI is InChI=1S/C12H7ClN2O3S.C2H6/c1-18-12(17)8-9(16)10-6(11(13)15-8)7-5(19-10)3-2-4-14-7;1-2/h2-4,16H,1H3;1-2H3. The normalized spacial score (nSPS) is 10.3. The number of rotatable bonds is 1. The number of carbonyl (C=O) groups excluding carboxylic acids is 1. The zero-order valence-corrected chi connectivity index (χ0v) is 13.2. The van der Waals surface area contributed by atoms with Crippen LogP contribution >= 0.6 is 22.9 Å². The topological polar surface area (TPSA) is 72.3 Å². The number of methoxy groups -OCH3 is 1. The number of fused-ring (bicyclic) bond motifs is 3. The molecule has 0 aliphatic carbocycles. The summed E-state index contributed by atoms with van der Waals surface area (Å²) in [5.74, 6) is -0.957. The maximum atomic E-state index is 11.5. The Bertz CT molecular complexity index is 817. The largest absolute Gasteiger partial charge is 0.504 e. The lowest BCUT2D eigenvalue weighted by atomic mass is 10.2. The van der Waals surface area contributed by atoms with Crippen molar-refractivity contribution in [3.63, 3.8) is 0 Å². The average Bonchev–Trinajstić information content (AvgIpc) is 2.92. The maximum absolute atomic E-state index is 11.5. The van der Waals surface area contributed by atoms with Crippen LogP contribution in [0.25, 0.3) is 20.3 Å². The van der Waals surface area contributed by atoms with Crippen molar-refractivity contribution in [1.82, 2.24) is 9.97 Å². The minimum absolute atomic E-state index is 0.123. The highest BCUT2D eigenvalue weighted by molar-refractivity contribution is 7.26. The van der Waals surface area contributed by atoms with E-state index in [1.54, 1.807) is 12.3 Å². The number of esters is 1. The molecule has 0 spiro atoms. The van der Waals surface area contributed by atoms with E-state index in [1.807, 2.05) is 19.9 Å². The zero-order valence-electron chi connectivity index (χ0n) is 11.7. The van der Waals surface area contributed by atoms with E-state index in [9.17, 15) is 9.90 Å². The molecule has 0 saturated carbocycles. The summed E-state index contributed by atoms with van der Waals surface area (Å²) in [6, 6.07) is 3.65. The first-order chi connectivity index (χ1) is 10.1. The Morgan fingerprint density at radius 3 is 2.81 bits per heavy atom. The summed E-state index contributed by atoms with van der Waals surface area (Å²) < 4.78 is 5.90. The van der Waals surface area contributed by atoms with E-state index in [-0.39, 0.29) is 16.6 Å². The van der Waals surface area contributed by atoms with Crippen molar-refractivity contribution in [3.05, 3.63) is 29.2 Å². The molecule has 21 heavy (non-hydrogen) atoms. The van der Waals surface area contributed by atoms with E-state index in [0.717, 1.165) is 4.70 Å². The summed E-state index contributed by atoms with van der Waals surface area (Å²) >= 11 is 7.39. The van der Waals surface area contributed by atoms with Gasteiger partial charge in [0.1, 0.15) is 5.15 Å². The summed E-state index contributed by atoms with van der Waals surface area (Å²) in [4.78, 5) is 19.7. The van der Waals surface area contributed by atoms with Gasteiger partial charge in [-0.1, -0.05) is 25.4 Å². The van der Waals surface area contributed by atoms with Gasteiger partial charge in [-0.3, -0.25) is 4.98 Å². The number of nitrogens with zero attached hydrogens (tertiary/aromatic N) is 2. The Labute approximate surface area is 130 Å². The van der Waals surface area contributed by atoms with Crippen LogP contribution in [-0.4, -0.2) is 28.2 Å². The SMILES string of the molecule is CC.COC(=O)c1nc(Cl)c2c(sc3cccnc32)c1O. The molecule has 3 rings (SSSR count). The van der Waals surface area contributed by atoms with Crippen molar-refractivity contribution in [1.29, 1.82) is 0 Å². The fourth-order valence-corrected chi connectivity index (χ4v) is 3.27. The van der Waals surface area contributed by atoms with E-state index in [0.29, 0.717) is 15.6 Å². The number of hydrogen-bond donors (Lipinski definition) is 1. The summed E-state index contributed by atoms with van der Waals surface area (Å²) in [5, 5.41) is 10.8. The average molecular weight is 325 g/mol. The molecule has 0 saturated heterocycles. The number of ether oxygens (including phenoxy) is 1. The maximum Gasteiger partial charge on any atom is 0.360 e. The summed E-state index contributed by atoms with van der Waals surface area (Å²) in [5.41, 5.74) is 0.471. The smallest absolute Gasteiger partial charge is 0.360 e. The minimum Gasteiger partial charge on any atom is -0.504 e. The van der Waals surface area contributed by atoms with Gasteiger partial charge < -0.3 is 9.84 Å². The second-order valence-corrected chi connectivity index (χ2v) is 5.16. The van der Waals surface area contributed by atoms with Gasteiger partial charge in [0, 0.05) is 6.20 Å². The molecule has 0 bridgehead atoms. The van der Waals surface area contributed by atoms with Gasteiger partial charge in [0.2, 0.25) is 0 Å². The monoisotopic (exact) mass is 324 g/mol. The van der Waals surface area contributed by atoms with Gasteiger partial charge in [0.25, 0.3) is 0 Å². The number of thiophene rings is 1. The zero-order chi connectivity index (χ0) is 15.6. The van der Waals surface area contributed by atoms with Crippen LogP contribution in [0.1, 0.15) is 24.3 Å². The van der Waals surface area contributed by atoms with Gasteiger partial charge in [-0.2, -0.15) is 0 Å². The Hall–Kier alpha value is -1.92. The molecule has 3 heterocycles. The number of pyridine rings is 2. The Balaban J connectivity index is 0.000000774. The van der Waals surface area contributed by atoms with Crippen LogP contribution in [0.2, 0.25) is 5.15 Å². The van der Waals surface area contributed by atoms with Crippen LogP contribution < -0.4 is 0 Å². The number of aromatic nitrogens is 2. The molecule has 3 aromatic rings. The molecule has 0 fully saturated rings. The van der Waals surface area contributed by atoms with Crippen LogP contribution in [0.5, 0.6) is 5.75 Å². The number of hydrogen-bond acceptors (Lipinski definition) is 6. The summed E-state index contributed by atoms with van der Waals surface area (Å²) in [6.07, 6.45) is 1.64. The molecule has 0 aliphatic rings. The fraction of sp³-hybridized carbons (Fsp3) is 0.214. The molecule has 1 N–H and O–H groups in total. The van der Waals surface area contributed by atoms with E-state index >= 15 is 0 Å². The van der Waals surface area contributed by atoms with Crippen LogP contribution in [0.4, 0.5) is 0 Å². The van der Waals surface area contributed by atoms with E-state index in [1.165, 1.54) is 18.4 Å². The number of halogens is 1. The Morgan fingerprint density at radius 1 is 1.43 bits per heavy atom. The van der Waals surface area contributed by atoms with Crippen molar-refractivity contribution in [2.45, 2.75) is 13.8 Å². The van der Waals surface area contributed by atoms with E-state index < -0.39 is 5.97 Å². The number of carbonyl (C=O) groups is 1. The molecular formula is C14H13ClN2O3S. The highest BCUT2D eigenvalue weighted by Gasteiger charge is 2.22. The third kappa shape index (κ3) is 2.52. The molecule has 7 heteroatoms. The molecule has 0 atom stereocenters. The van der Waals surface area contributed by atoms with Gasteiger partial charge in [0.15, 0.2) is 11.4 Å². The van der Waals surface area contributed by atoms with Crippen molar-refractivity contribution in [3.8, 4) is 5.75 Å². The third-order valence-electron chi connectivity index (χ3n) is 2.68. The minimum atomic E-state index is -0.730. The first kappa shape index (κ1) is 15.5. The lowest BCUT2D eigenvalue weighted by Gasteiger charge is -2.03. The Morgan fingerprint density at radius 2 is 2.14 bits per heavy atom. The van der Waals surface area contributed by atoms with Crippen molar-refractivity contribution in [2.75, 3.05) is 7.11 Å². The van der Waals surface area contributed by atoms with E-state index in [4.69, 9.17) is 11.6 Å². The van der Waals surface area contributed by atoms with E-state index in [2.05, 4.69) is 14.7 Å². The van der Waals surface area contributed by atoms with Crippen LogP contribution in [0.3, 0.4) is 0 Å². The highest BCUT2D eigenvalue weighted by Crippen LogP contribution is 2.42. The molecule has 3 aromatic heterocycles. The van der Waals surface area contributed by atoms with Gasteiger partial charge in [0.05, 0.1) is 27.4 Å². The van der Waals surface area contributed by atoms with Crippen molar-refractivity contribution < 1.29 is 14.6 Å². The first-order valence-corrected chi connectivity index (χ1v) is 7.47. The van der Waals surface area contributed by atoms with Gasteiger partial charge in [-0.15, -0.1) is 11.3 Å². The first-order valence-electron chi connectivity index (χ1n) is 6.27. The molecule has 110 valence electrons. The molecule has 5 nitrogen and oxygen atoms in total. The van der Waals surface area contributed by atoms with Crippen molar-refractivity contribution >= 4 is 49.2 Å². The second-order valence-electron chi connectivity index (χ2n) is 3.75. The molecule has 0 radical (unpaired) electrons. The summed E-state index contributed by atoms with van der Waals surface area (Å²) in [6.45, 7) is 4.00. The van der Waals surface area contributed by atoms with Crippen molar-refractivity contribution in [2.24, 2.45) is 0 Å². The molecular weight excluding hydrogens is 312 g/mol. The van der Waals surface area contributed by atoms with Gasteiger partial charge in [-0.05, 0) is 12.1 Å². The Kier molecular flexibility index (Phi) is 4.59. The highest BCUT2D eigenvalue weighted by atomic mass is 35.5. The lowest BCUT2D eigenvalue weighted by molar-refractivity contribution is 0.0591. The fourth-order valence-electron chi connectivity index (χ4n) is 1.84. The molecule has 0 unspecified atom stereocenters. The van der Waals surface area contributed by atoms with Crippen LogP contribution in [0, 0.1) is 0 Å².